The number of rotatable bonds is 7. The highest BCUT2D eigenvalue weighted by atomic mass is 16.5. The Balaban J connectivity index is 2.53. The number of methoxy groups -OCH3 is 1. The molecule has 0 aliphatic heterocycles. The highest BCUT2D eigenvalue weighted by Crippen LogP contribution is 2.12. The molecule has 0 spiro atoms. The zero-order valence-electron chi connectivity index (χ0n) is 11.1. The van der Waals surface area contributed by atoms with Gasteiger partial charge in [-0.2, -0.15) is 0 Å². The molecule has 0 fully saturated rings. The minimum Gasteiger partial charge on any atom is -0.497 e. The number of benzene rings is 1. The van der Waals surface area contributed by atoms with Crippen molar-refractivity contribution in [2.75, 3.05) is 20.2 Å². The third-order valence-electron chi connectivity index (χ3n) is 3.04. The molecule has 100 valence electrons. The smallest absolute Gasteiger partial charge is 0.251 e. The van der Waals surface area contributed by atoms with Crippen molar-refractivity contribution < 1.29 is 9.53 Å². The van der Waals surface area contributed by atoms with Gasteiger partial charge in [0.05, 0.1) is 7.11 Å². The van der Waals surface area contributed by atoms with E-state index in [0.29, 0.717) is 30.3 Å². The average Bonchev–Trinajstić information content (AvgIpc) is 2.43. The highest BCUT2D eigenvalue weighted by molar-refractivity contribution is 5.94. The summed E-state index contributed by atoms with van der Waals surface area (Å²) < 4.78 is 5.09. The van der Waals surface area contributed by atoms with Crippen molar-refractivity contribution in [3.8, 4) is 5.75 Å². The molecule has 0 bridgehead atoms. The van der Waals surface area contributed by atoms with Crippen LogP contribution in [0.1, 0.15) is 30.1 Å². The molecule has 1 amide bonds. The van der Waals surface area contributed by atoms with Gasteiger partial charge >= 0.3 is 0 Å². The predicted octanol–water partition coefficient (Wildman–Crippen LogP) is 1.80. The van der Waals surface area contributed by atoms with Gasteiger partial charge in [-0.3, -0.25) is 4.79 Å². The van der Waals surface area contributed by atoms with Crippen LogP contribution >= 0.6 is 0 Å². The number of nitrogens with two attached hydrogens (primary N) is 1. The van der Waals surface area contributed by atoms with Crippen LogP contribution in [-0.4, -0.2) is 26.1 Å². The van der Waals surface area contributed by atoms with E-state index in [0.717, 1.165) is 12.8 Å². The lowest BCUT2D eigenvalue weighted by molar-refractivity contribution is 0.0946. The molecular formula is C14H22N2O2. The molecule has 0 aliphatic rings. The summed E-state index contributed by atoms with van der Waals surface area (Å²) in [6.45, 7) is 3.44. The highest BCUT2D eigenvalue weighted by Gasteiger charge is 2.10. The molecule has 0 saturated heterocycles. The molecule has 1 rings (SSSR count). The van der Waals surface area contributed by atoms with Crippen LogP contribution in [0, 0.1) is 5.92 Å². The van der Waals surface area contributed by atoms with Gasteiger partial charge in [0.15, 0.2) is 0 Å². The van der Waals surface area contributed by atoms with Crippen LogP contribution in [0.15, 0.2) is 24.3 Å². The predicted molar refractivity (Wildman–Crippen MR) is 72.8 cm³/mol. The fraction of sp³-hybridized carbons (Fsp3) is 0.500. The second-order valence-electron chi connectivity index (χ2n) is 4.29. The Morgan fingerprint density at radius 2 is 2.28 bits per heavy atom. The van der Waals surface area contributed by atoms with E-state index >= 15 is 0 Å². The van der Waals surface area contributed by atoms with E-state index in [9.17, 15) is 4.79 Å². The Kier molecular flexibility index (Phi) is 6.22. The number of carbonyl (C=O) groups excluding carboxylic acids is 1. The standard InChI is InChI=1S/C14H22N2O2/c1-3-11(7-8-15)10-16-14(17)12-5-4-6-13(9-12)18-2/h4-6,9,11H,3,7-8,10,15H2,1-2H3,(H,16,17). The van der Waals surface area contributed by atoms with Crippen LogP contribution in [-0.2, 0) is 0 Å². The summed E-state index contributed by atoms with van der Waals surface area (Å²) in [4.78, 5) is 11.9. The molecule has 0 aliphatic carbocycles. The van der Waals surface area contributed by atoms with Crippen molar-refractivity contribution in [3.63, 3.8) is 0 Å². The van der Waals surface area contributed by atoms with Gasteiger partial charge in [0, 0.05) is 12.1 Å². The van der Waals surface area contributed by atoms with Crippen molar-refractivity contribution in [3.05, 3.63) is 29.8 Å². The first-order valence-electron chi connectivity index (χ1n) is 6.33. The minimum absolute atomic E-state index is 0.0654. The Morgan fingerprint density at radius 3 is 2.89 bits per heavy atom. The molecule has 0 heterocycles. The maximum Gasteiger partial charge on any atom is 0.251 e. The third kappa shape index (κ3) is 4.37. The van der Waals surface area contributed by atoms with Crippen molar-refractivity contribution >= 4 is 5.91 Å². The van der Waals surface area contributed by atoms with Gasteiger partial charge in [-0.15, -0.1) is 0 Å². The van der Waals surface area contributed by atoms with Crippen LogP contribution < -0.4 is 15.8 Å². The van der Waals surface area contributed by atoms with Crippen molar-refractivity contribution in [2.45, 2.75) is 19.8 Å². The van der Waals surface area contributed by atoms with Gasteiger partial charge in [-0.05, 0) is 37.1 Å². The lowest BCUT2D eigenvalue weighted by Gasteiger charge is -2.14. The van der Waals surface area contributed by atoms with E-state index in [1.165, 1.54) is 0 Å². The molecular weight excluding hydrogens is 228 g/mol. The van der Waals surface area contributed by atoms with Crippen molar-refractivity contribution in [2.24, 2.45) is 11.7 Å². The topological polar surface area (TPSA) is 64.3 Å². The summed E-state index contributed by atoms with van der Waals surface area (Å²) in [7, 11) is 1.59. The Bertz CT molecular complexity index is 380. The second kappa shape index (κ2) is 7.71. The molecule has 1 aromatic rings. The van der Waals surface area contributed by atoms with Gasteiger partial charge in [-0.1, -0.05) is 19.4 Å². The molecule has 1 unspecified atom stereocenters. The summed E-state index contributed by atoms with van der Waals surface area (Å²) in [6.07, 6.45) is 1.96. The molecule has 0 aromatic heterocycles. The first-order chi connectivity index (χ1) is 8.71. The molecule has 0 radical (unpaired) electrons. The van der Waals surface area contributed by atoms with E-state index < -0.39 is 0 Å². The summed E-state index contributed by atoms with van der Waals surface area (Å²) in [6, 6.07) is 7.14. The number of hydrogen-bond donors (Lipinski definition) is 2. The van der Waals surface area contributed by atoms with Crippen molar-refractivity contribution in [1.82, 2.24) is 5.32 Å². The first-order valence-corrected chi connectivity index (χ1v) is 6.33. The number of amides is 1. The Morgan fingerprint density at radius 1 is 1.50 bits per heavy atom. The third-order valence-corrected chi connectivity index (χ3v) is 3.04. The van der Waals surface area contributed by atoms with Crippen LogP contribution in [0.25, 0.3) is 0 Å². The quantitative estimate of drug-likeness (QED) is 0.775. The monoisotopic (exact) mass is 250 g/mol. The van der Waals surface area contributed by atoms with Crippen LogP contribution in [0.3, 0.4) is 0 Å². The maximum absolute atomic E-state index is 11.9. The first kappa shape index (κ1) is 14.5. The summed E-state index contributed by atoms with van der Waals surface area (Å²) in [5, 5.41) is 2.94. The van der Waals surface area contributed by atoms with Crippen LogP contribution in [0.4, 0.5) is 0 Å². The van der Waals surface area contributed by atoms with E-state index in [1.54, 1.807) is 19.2 Å². The molecule has 0 saturated carbocycles. The number of carbonyl (C=O) groups is 1. The number of ether oxygens (including phenoxy) is 1. The Hall–Kier alpha value is -1.55. The number of nitrogens with one attached hydrogen (secondary N) is 1. The fourth-order valence-electron chi connectivity index (χ4n) is 1.79. The van der Waals surface area contributed by atoms with Gasteiger partial charge in [0.2, 0.25) is 0 Å². The van der Waals surface area contributed by atoms with E-state index in [4.69, 9.17) is 10.5 Å². The van der Waals surface area contributed by atoms with E-state index in [2.05, 4.69) is 12.2 Å². The Labute approximate surface area is 109 Å². The van der Waals surface area contributed by atoms with Crippen LogP contribution in [0.2, 0.25) is 0 Å². The van der Waals surface area contributed by atoms with Gasteiger partial charge in [0.1, 0.15) is 5.75 Å². The van der Waals surface area contributed by atoms with E-state index in [-0.39, 0.29) is 5.91 Å². The summed E-state index contributed by atoms with van der Waals surface area (Å²) >= 11 is 0. The van der Waals surface area contributed by atoms with Crippen molar-refractivity contribution in [1.29, 1.82) is 0 Å². The van der Waals surface area contributed by atoms with E-state index in [1.807, 2.05) is 12.1 Å². The van der Waals surface area contributed by atoms with Gasteiger partial charge in [-0.25, -0.2) is 0 Å². The zero-order chi connectivity index (χ0) is 13.4. The molecule has 1 atom stereocenters. The summed E-state index contributed by atoms with van der Waals surface area (Å²) in [5.41, 5.74) is 6.15. The average molecular weight is 250 g/mol. The molecule has 1 aromatic carbocycles. The van der Waals surface area contributed by atoms with Gasteiger partial charge < -0.3 is 15.8 Å². The lowest BCUT2D eigenvalue weighted by Crippen LogP contribution is -2.30. The van der Waals surface area contributed by atoms with Gasteiger partial charge in [0.25, 0.3) is 5.91 Å². The minimum atomic E-state index is -0.0654. The lowest BCUT2D eigenvalue weighted by atomic mass is 10.0. The zero-order valence-corrected chi connectivity index (χ0v) is 11.1. The normalized spacial score (nSPS) is 11.9. The fourth-order valence-corrected chi connectivity index (χ4v) is 1.79. The molecule has 18 heavy (non-hydrogen) atoms. The summed E-state index contributed by atoms with van der Waals surface area (Å²) in [5.74, 6) is 1.07. The molecule has 4 nitrogen and oxygen atoms in total. The molecule has 3 N–H and O–H groups in total. The van der Waals surface area contributed by atoms with Crippen LogP contribution in [0.5, 0.6) is 5.75 Å². The SMILES string of the molecule is CCC(CCN)CNC(=O)c1cccc(OC)c1. The maximum atomic E-state index is 11.9. The largest absolute Gasteiger partial charge is 0.497 e. The second-order valence-corrected chi connectivity index (χ2v) is 4.29. The number of hydrogen-bond acceptors (Lipinski definition) is 3. The molecule has 4 heteroatoms.